The molecular weight excluding hydrogens is 305 g/mol. The van der Waals surface area contributed by atoms with Crippen LogP contribution in [-0.4, -0.2) is 0 Å². The fraction of sp³-hybridized carbons (Fsp3) is 0.200. The first-order chi connectivity index (χ1) is 9.40. The predicted molar refractivity (Wildman–Crippen MR) is 76.4 cm³/mol. The molecule has 2 rings (SSSR count). The molecule has 0 heterocycles. The van der Waals surface area contributed by atoms with Gasteiger partial charge in [0.25, 0.3) is 0 Å². The van der Waals surface area contributed by atoms with E-state index in [0.717, 1.165) is 16.7 Å². The molecule has 0 radical (unpaired) electrons. The molecule has 0 nitrogen and oxygen atoms in total. The highest BCUT2D eigenvalue weighted by atomic mass is 35.5. The Balaban J connectivity index is 2.38. The third-order valence-corrected chi connectivity index (χ3v) is 4.13. The minimum absolute atomic E-state index is 0.206. The molecule has 0 saturated carbocycles. The number of aryl methyl sites for hydroxylation is 1. The van der Waals surface area contributed by atoms with Crippen LogP contribution in [0.15, 0.2) is 52.3 Å². The van der Waals surface area contributed by atoms with Crippen molar-refractivity contribution < 1.29 is 13.2 Å². The standard InChI is InChI=1S/C15H12ClF3S/c1-2-10-3-8-14(13(9-10)15(17,18)19)20-12-6-4-11(16)5-7-12/h3-9H,2H2,1H3. The van der Waals surface area contributed by atoms with Crippen LogP contribution in [0.25, 0.3) is 0 Å². The molecule has 0 aliphatic carbocycles. The third kappa shape index (κ3) is 3.70. The fourth-order valence-corrected chi connectivity index (χ4v) is 2.81. The normalized spacial score (nSPS) is 11.7. The summed E-state index contributed by atoms with van der Waals surface area (Å²) in [4.78, 5) is 0.932. The summed E-state index contributed by atoms with van der Waals surface area (Å²) in [5, 5.41) is 0.562. The van der Waals surface area contributed by atoms with Gasteiger partial charge in [-0.3, -0.25) is 0 Å². The summed E-state index contributed by atoms with van der Waals surface area (Å²) >= 11 is 6.86. The van der Waals surface area contributed by atoms with Crippen LogP contribution in [0, 0.1) is 0 Å². The van der Waals surface area contributed by atoms with Crippen molar-refractivity contribution in [3.05, 3.63) is 58.6 Å². The highest BCUT2D eigenvalue weighted by molar-refractivity contribution is 7.99. The molecule has 0 aliphatic rings. The Morgan fingerprint density at radius 3 is 2.25 bits per heavy atom. The maximum absolute atomic E-state index is 13.1. The first kappa shape index (κ1) is 15.3. The van der Waals surface area contributed by atoms with Gasteiger partial charge in [0.15, 0.2) is 0 Å². The number of rotatable bonds is 3. The molecule has 0 N–H and O–H groups in total. The average molecular weight is 317 g/mol. The Morgan fingerprint density at radius 2 is 1.70 bits per heavy atom. The molecule has 20 heavy (non-hydrogen) atoms. The zero-order valence-corrected chi connectivity index (χ0v) is 12.2. The van der Waals surface area contributed by atoms with Crippen molar-refractivity contribution in [1.29, 1.82) is 0 Å². The second-order valence-corrected chi connectivity index (χ2v) is 5.79. The van der Waals surface area contributed by atoms with Gasteiger partial charge in [-0.05, 0) is 48.4 Å². The molecule has 0 bridgehead atoms. The molecule has 0 unspecified atom stereocenters. The van der Waals surface area contributed by atoms with Crippen molar-refractivity contribution in [2.24, 2.45) is 0 Å². The van der Waals surface area contributed by atoms with Gasteiger partial charge >= 0.3 is 6.18 Å². The Morgan fingerprint density at radius 1 is 1.05 bits per heavy atom. The maximum atomic E-state index is 13.1. The zero-order chi connectivity index (χ0) is 14.8. The lowest BCUT2D eigenvalue weighted by atomic mass is 10.1. The van der Waals surface area contributed by atoms with Crippen LogP contribution in [0.5, 0.6) is 0 Å². The van der Waals surface area contributed by atoms with E-state index in [9.17, 15) is 13.2 Å². The summed E-state index contributed by atoms with van der Waals surface area (Å²) < 4.78 is 39.3. The topological polar surface area (TPSA) is 0 Å². The number of alkyl halides is 3. The maximum Gasteiger partial charge on any atom is 0.417 e. The number of halogens is 4. The van der Waals surface area contributed by atoms with E-state index in [1.165, 1.54) is 12.1 Å². The number of hydrogen-bond acceptors (Lipinski definition) is 1. The van der Waals surface area contributed by atoms with E-state index in [1.54, 1.807) is 30.3 Å². The molecule has 0 atom stereocenters. The van der Waals surface area contributed by atoms with Gasteiger partial charge in [-0.2, -0.15) is 13.2 Å². The molecule has 0 aliphatic heterocycles. The molecule has 5 heteroatoms. The van der Waals surface area contributed by atoms with E-state index in [1.807, 2.05) is 6.92 Å². The predicted octanol–water partition coefficient (Wildman–Crippen LogP) is 6.07. The quantitative estimate of drug-likeness (QED) is 0.662. The van der Waals surface area contributed by atoms with Crippen LogP contribution in [0.1, 0.15) is 18.1 Å². The van der Waals surface area contributed by atoms with Gasteiger partial charge in [0.1, 0.15) is 0 Å². The Hall–Kier alpha value is -1.13. The molecule has 2 aromatic carbocycles. The van der Waals surface area contributed by atoms with Gasteiger partial charge in [-0.1, -0.05) is 36.4 Å². The van der Waals surface area contributed by atoms with Crippen molar-refractivity contribution in [3.8, 4) is 0 Å². The second kappa shape index (κ2) is 6.10. The largest absolute Gasteiger partial charge is 0.417 e. The third-order valence-electron chi connectivity index (χ3n) is 2.80. The summed E-state index contributed by atoms with van der Waals surface area (Å²) in [6.45, 7) is 1.83. The minimum atomic E-state index is -4.35. The molecule has 0 amide bonds. The van der Waals surface area contributed by atoms with Gasteiger partial charge in [0.05, 0.1) is 5.56 Å². The summed E-state index contributed by atoms with van der Waals surface area (Å²) in [5.41, 5.74) is 0.0922. The highest BCUT2D eigenvalue weighted by Crippen LogP contribution is 2.40. The summed E-state index contributed by atoms with van der Waals surface area (Å²) in [5.74, 6) is 0. The van der Waals surface area contributed by atoms with Crippen LogP contribution < -0.4 is 0 Å². The molecule has 0 spiro atoms. The van der Waals surface area contributed by atoms with Crippen molar-refractivity contribution >= 4 is 23.4 Å². The van der Waals surface area contributed by atoms with E-state index in [4.69, 9.17) is 11.6 Å². The van der Waals surface area contributed by atoms with Crippen LogP contribution in [0.4, 0.5) is 13.2 Å². The monoisotopic (exact) mass is 316 g/mol. The van der Waals surface area contributed by atoms with Gasteiger partial charge in [-0.15, -0.1) is 0 Å². The molecule has 0 aromatic heterocycles. The minimum Gasteiger partial charge on any atom is -0.166 e. The Bertz CT molecular complexity index is 591. The van der Waals surface area contributed by atoms with Crippen molar-refractivity contribution in [1.82, 2.24) is 0 Å². The zero-order valence-electron chi connectivity index (χ0n) is 10.7. The fourth-order valence-electron chi connectivity index (χ4n) is 1.74. The lowest BCUT2D eigenvalue weighted by Crippen LogP contribution is -2.07. The average Bonchev–Trinajstić information content (AvgIpc) is 2.40. The van der Waals surface area contributed by atoms with E-state index in [0.29, 0.717) is 17.0 Å². The van der Waals surface area contributed by atoms with Crippen LogP contribution in [-0.2, 0) is 12.6 Å². The van der Waals surface area contributed by atoms with Gasteiger partial charge in [0.2, 0.25) is 0 Å². The van der Waals surface area contributed by atoms with Gasteiger partial charge in [-0.25, -0.2) is 0 Å². The van der Waals surface area contributed by atoms with Gasteiger partial charge < -0.3 is 0 Å². The van der Waals surface area contributed by atoms with Crippen molar-refractivity contribution in [2.75, 3.05) is 0 Å². The lowest BCUT2D eigenvalue weighted by Gasteiger charge is -2.14. The van der Waals surface area contributed by atoms with E-state index in [2.05, 4.69) is 0 Å². The lowest BCUT2D eigenvalue weighted by molar-refractivity contribution is -0.139. The second-order valence-electron chi connectivity index (χ2n) is 4.24. The summed E-state index contributed by atoms with van der Waals surface area (Å²) in [6, 6.07) is 11.2. The number of benzene rings is 2. The SMILES string of the molecule is CCc1ccc(Sc2ccc(Cl)cc2)c(C(F)(F)F)c1. The molecule has 0 saturated heterocycles. The van der Waals surface area contributed by atoms with Crippen LogP contribution >= 0.6 is 23.4 Å². The molecule has 0 fully saturated rings. The van der Waals surface area contributed by atoms with Crippen LogP contribution in [0.3, 0.4) is 0 Å². The molecular formula is C15H12ClF3S. The molecule has 2 aromatic rings. The van der Waals surface area contributed by atoms with E-state index in [-0.39, 0.29) is 4.90 Å². The first-order valence-electron chi connectivity index (χ1n) is 6.03. The number of hydrogen-bond donors (Lipinski definition) is 0. The summed E-state index contributed by atoms with van der Waals surface area (Å²) in [6.07, 6.45) is -3.77. The Kier molecular flexibility index (Phi) is 4.66. The molecule has 106 valence electrons. The van der Waals surface area contributed by atoms with Crippen molar-refractivity contribution in [2.45, 2.75) is 29.3 Å². The Labute approximate surface area is 125 Å². The van der Waals surface area contributed by atoms with Gasteiger partial charge in [0, 0.05) is 14.8 Å². The van der Waals surface area contributed by atoms with E-state index < -0.39 is 11.7 Å². The first-order valence-corrected chi connectivity index (χ1v) is 7.23. The smallest absolute Gasteiger partial charge is 0.166 e. The highest BCUT2D eigenvalue weighted by Gasteiger charge is 2.33. The van der Waals surface area contributed by atoms with Crippen LogP contribution in [0.2, 0.25) is 5.02 Å². The van der Waals surface area contributed by atoms with Crippen molar-refractivity contribution in [3.63, 3.8) is 0 Å². The summed E-state index contributed by atoms with van der Waals surface area (Å²) in [7, 11) is 0. The van der Waals surface area contributed by atoms with E-state index >= 15 is 0 Å².